The zero-order valence-electron chi connectivity index (χ0n) is 42.3. The lowest BCUT2D eigenvalue weighted by Gasteiger charge is -2.54. The number of aliphatic hydroxyl groups is 4. The number of cyclic esters (lactones) is 1. The van der Waals surface area contributed by atoms with Crippen molar-refractivity contribution >= 4 is 5.97 Å². The van der Waals surface area contributed by atoms with E-state index in [4.69, 9.17) is 28.4 Å². The van der Waals surface area contributed by atoms with Crippen molar-refractivity contribution in [1.82, 2.24) is 20.9 Å². The summed E-state index contributed by atoms with van der Waals surface area (Å²) in [5.74, 6) is -2.48. The molecule has 0 saturated carbocycles. The number of nitrogens with one attached hydrogen (secondary N) is 3. The first-order chi connectivity index (χ1) is 30.4. The molecule has 17 atom stereocenters. The van der Waals surface area contributed by atoms with E-state index in [0.29, 0.717) is 25.9 Å². The van der Waals surface area contributed by atoms with Crippen LogP contribution >= 0.6 is 0 Å². The van der Waals surface area contributed by atoms with Crippen LogP contribution in [0, 0.1) is 23.2 Å². The van der Waals surface area contributed by atoms with Crippen molar-refractivity contribution in [2.75, 3.05) is 53.9 Å². The lowest BCUT2D eigenvalue weighted by atomic mass is 9.72. The summed E-state index contributed by atoms with van der Waals surface area (Å²) in [6, 6.07) is 10.1. The highest BCUT2D eigenvalue weighted by Crippen LogP contribution is 2.44. The van der Waals surface area contributed by atoms with Gasteiger partial charge in [-0.3, -0.25) is 4.79 Å². The number of methoxy groups -OCH3 is 1. The summed E-state index contributed by atoms with van der Waals surface area (Å²) in [7, 11) is 5.45. The van der Waals surface area contributed by atoms with Crippen LogP contribution in [0.2, 0.25) is 0 Å². The molecule has 3 aliphatic heterocycles. The summed E-state index contributed by atoms with van der Waals surface area (Å²) >= 11 is 0. The summed E-state index contributed by atoms with van der Waals surface area (Å²) in [5.41, 5.74) is -3.64. The molecular weight excluding hydrogens is 833 g/mol. The van der Waals surface area contributed by atoms with Gasteiger partial charge in [0, 0.05) is 44.6 Å². The molecule has 15 heteroatoms. The third kappa shape index (κ3) is 13.9. The number of aliphatic hydroxyl groups excluding tert-OH is 2. The fourth-order valence-corrected chi connectivity index (χ4v) is 10.7. The molecule has 4 rings (SSSR count). The van der Waals surface area contributed by atoms with Gasteiger partial charge in [-0.1, -0.05) is 65.0 Å². The van der Waals surface area contributed by atoms with Gasteiger partial charge in [0.05, 0.1) is 36.4 Å². The van der Waals surface area contributed by atoms with Crippen molar-refractivity contribution in [2.45, 2.75) is 199 Å². The van der Waals surface area contributed by atoms with E-state index >= 15 is 0 Å². The average molecular weight is 923 g/mol. The topological polar surface area (TPSA) is 193 Å². The van der Waals surface area contributed by atoms with Crippen molar-refractivity contribution in [3.05, 3.63) is 35.9 Å². The smallest absolute Gasteiger partial charge is 0.311 e. The molecule has 0 bridgehead atoms. The van der Waals surface area contributed by atoms with Gasteiger partial charge in [-0.2, -0.15) is 0 Å². The van der Waals surface area contributed by atoms with E-state index < -0.39 is 89.2 Å². The van der Waals surface area contributed by atoms with E-state index in [2.05, 4.69) is 61.0 Å². The maximum absolute atomic E-state index is 14.5. The number of hydrogen-bond donors (Lipinski definition) is 7. The minimum Gasteiger partial charge on any atom is -0.459 e. The standard InChI is InChI=1S/C50H90N4O11/c1-15-39-49(11,58)43(56)31(2)29-53-32(3)27-47(8,9)44(65-46-41(55)38(54(12)13)26-33(4)61-46)34(5)42(35(6)45(57)63-39)64-40-28-48(10,60-14)50(59,36(7)62-40)30-52-24-19-23-51-25-22-37-20-17-16-18-21-37/h16-18,20-21,31-36,38-44,46,51-53,55-56,58-59H,15,19,22-30H2,1-14H3/t31-,32+,33+,34-,35+,36-,38-,39+,40+,41+,42+,43+,44+,46-,48-,49+,50+/m0/s1. The first-order valence-corrected chi connectivity index (χ1v) is 24.5. The van der Waals surface area contributed by atoms with Gasteiger partial charge in [-0.05, 0) is 124 Å². The zero-order valence-corrected chi connectivity index (χ0v) is 42.3. The molecule has 65 heavy (non-hydrogen) atoms. The van der Waals surface area contributed by atoms with Crippen LogP contribution in [0.25, 0.3) is 0 Å². The van der Waals surface area contributed by atoms with Gasteiger partial charge in [0.1, 0.15) is 29.0 Å². The van der Waals surface area contributed by atoms with E-state index in [1.54, 1.807) is 14.0 Å². The molecule has 3 saturated heterocycles. The highest BCUT2D eigenvalue weighted by Gasteiger charge is 2.58. The molecule has 376 valence electrons. The Morgan fingerprint density at radius 2 is 1.57 bits per heavy atom. The van der Waals surface area contributed by atoms with Crippen LogP contribution in [0.4, 0.5) is 0 Å². The fraction of sp³-hybridized carbons (Fsp3) is 0.860. The third-order valence-corrected chi connectivity index (χ3v) is 15.0. The molecule has 15 nitrogen and oxygen atoms in total. The lowest BCUT2D eigenvalue weighted by molar-refractivity contribution is -0.334. The predicted molar refractivity (Wildman–Crippen MR) is 252 cm³/mol. The maximum Gasteiger partial charge on any atom is 0.311 e. The maximum atomic E-state index is 14.5. The number of rotatable bonds is 16. The molecule has 1 aromatic carbocycles. The fourth-order valence-electron chi connectivity index (χ4n) is 10.7. The van der Waals surface area contributed by atoms with Crippen LogP contribution in [0.1, 0.15) is 114 Å². The van der Waals surface area contributed by atoms with Crippen molar-refractivity contribution in [3.63, 3.8) is 0 Å². The van der Waals surface area contributed by atoms with Crippen molar-refractivity contribution in [3.8, 4) is 0 Å². The normalized spacial score (nSPS) is 41.4. The SMILES string of the molecule is CC[C@H]1OC(=O)[C@H](C)[C@H](O[C@@H]2C[C@](C)(OC)[C@@](O)(CNCCCNCCc3ccccc3)[C@H](C)O2)[C@H](C)[C@@H](O[C@@H]2O[C@H](C)C[C@H](N(C)C)[C@H]2O)C(C)(C)C[C@@H](C)NC[C@H](C)[C@@H](O)[C@]1(C)O. The van der Waals surface area contributed by atoms with Crippen LogP contribution in [-0.2, 0) is 39.6 Å². The Morgan fingerprint density at radius 1 is 0.908 bits per heavy atom. The summed E-state index contributed by atoms with van der Waals surface area (Å²) in [5, 5.41) is 58.0. The van der Waals surface area contributed by atoms with Crippen LogP contribution in [0.5, 0.6) is 0 Å². The summed E-state index contributed by atoms with van der Waals surface area (Å²) < 4.78 is 39.3. The average Bonchev–Trinajstić information content (AvgIpc) is 3.25. The van der Waals surface area contributed by atoms with Gasteiger partial charge in [0.15, 0.2) is 12.6 Å². The van der Waals surface area contributed by atoms with Crippen LogP contribution in [0.3, 0.4) is 0 Å². The van der Waals surface area contributed by atoms with E-state index in [1.807, 2.05) is 66.6 Å². The van der Waals surface area contributed by atoms with Crippen LogP contribution < -0.4 is 16.0 Å². The molecule has 0 amide bonds. The van der Waals surface area contributed by atoms with E-state index in [-0.39, 0.29) is 43.5 Å². The highest BCUT2D eigenvalue weighted by molar-refractivity contribution is 5.73. The summed E-state index contributed by atoms with van der Waals surface area (Å²) in [6.07, 6.45) is -4.16. The van der Waals surface area contributed by atoms with Crippen molar-refractivity contribution in [1.29, 1.82) is 0 Å². The molecule has 0 spiro atoms. The summed E-state index contributed by atoms with van der Waals surface area (Å²) in [4.78, 5) is 16.5. The number of nitrogens with zero attached hydrogens (tertiary/aromatic N) is 1. The predicted octanol–water partition coefficient (Wildman–Crippen LogP) is 4.02. The number of carbonyl (C=O) groups excluding carboxylic acids is 1. The Hall–Kier alpha value is -1.83. The number of esters is 1. The largest absolute Gasteiger partial charge is 0.459 e. The monoisotopic (exact) mass is 923 g/mol. The van der Waals surface area contributed by atoms with Crippen molar-refractivity contribution < 1.29 is 53.6 Å². The van der Waals surface area contributed by atoms with Gasteiger partial charge >= 0.3 is 5.97 Å². The highest BCUT2D eigenvalue weighted by atomic mass is 16.7. The minimum absolute atomic E-state index is 0.0672. The molecule has 0 aromatic heterocycles. The minimum atomic E-state index is -1.75. The van der Waals surface area contributed by atoms with Gasteiger partial charge in [-0.15, -0.1) is 0 Å². The number of hydrogen-bond acceptors (Lipinski definition) is 15. The molecule has 0 radical (unpaired) electrons. The summed E-state index contributed by atoms with van der Waals surface area (Å²) in [6.45, 7) is 23.9. The lowest BCUT2D eigenvalue weighted by Crippen LogP contribution is -2.70. The Bertz CT molecular complexity index is 1570. The zero-order chi connectivity index (χ0) is 48.5. The van der Waals surface area contributed by atoms with Crippen LogP contribution in [0.15, 0.2) is 30.3 Å². The van der Waals surface area contributed by atoms with E-state index in [1.165, 1.54) is 12.5 Å². The van der Waals surface area contributed by atoms with E-state index in [0.717, 1.165) is 25.9 Å². The second-order valence-corrected chi connectivity index (χ2v) is 21.1. The molecule has 3 aliphatic rings. The number of likely N-dealkylation sites (N-methyl/N-ethyl adjacent to an activating group) is 1. The Labute approximate surface area is 391 Å². The molecular formula is C50H90N4O11. The van der Waals surface area contributed by atoms with E-state index in [9.17, 15) is 25.2 Å². The Morgan fingerprint density at radius 3 is 2.20 bits per heavy atom. The quantitative estimate of drug-likeness (QED) is 0.0929. The van der Waals surface area contributed by atoms with Gasteiger partial charge in [0.2, 0.25) is 0 Å². The number of ether oxygens (including phenoxy) is 6. The molecule has 3 fully saturated rings. The Balaban J connectivity index is 1.63. The Kier molecular flexibility index (Phi) is 20.7. The number of benzene rings is 1. The molecule has 0 aliphatic carbocycles. The van der Waals surface area contributed by atoms with Crippen LogP contribution in [-0.4, -0.2) is 169 Å². The molecule has 0 unspecified atom stereocenters. The van der Waals surface area contributed by atoms with Gasteiger partial charge in [-0.25, -0.2) is 0 Å². The van der Waals surface area contributed by atoms with Gasteiger partial charge < -0.3 is 69.7 Å². The second kappa shape index (κ2) is 24.1. The second-order valence-electron chi connectivity index (χ2n) is 21.1. The molecule has 1 aromatic rings. The first kappa shape index (κ1) is 55.8. The first-order valence-electron chi connectivity index (χ1n) is 24.5. The third-order valence-electron chi connectivity index (χ3n) is 15.0. The van der Waals surface area contributed by atoms with Crippen molar-refractivity contribution in [2.24, 2.45) is 23.2 Å². The molecule has 3 heterocycles. The molecule has 7 N–H and O–H groups in total. The number of carbonyl (C=O) groups is 1. The van der Waals surface area contributed by atoms with Gasteiger partial charge in [0.25, 0.3) is 0 Å².